The Morgan fingerprint density at radius 3 is 2.93 bits per heavy atom. The van der Waals surface area contributed by atoms with Crippen molar-refractivity contribution >= 4 is 5.69 Å². The molecule has 0 bridgehead atoms. The normalized spacial score (nSPS) is 20.4. The van der Waals surface area contributed by atoms with Crippen LogP contribution in [0, 0.1) is 10.1 Å². The first-order valence-corrected chi connectivity index (χ1v) is 5.11. The maximum atomic E-state index is 10.8. The second-order valence-electron chi connectivity index (χ2n) is 3.72. The van der Waals surface area contributed by atoms with Crippen LogP contribution in [0.15, 0.2) is 24.3 Å². The lowest BCUT2D eigenvalue weighted by Crippen LogP contribution is -2.10. The molecule has 1 saturated heterocycles. The van der Waals surface area contributed by atoms with Crippen molar-refractivity contribution in [1.29, 1.82) is 0 Å². The lowest BCUT2D eigenvalue weighted by Gasteiger charge is -2.08. The van der Waals surface area contributed by atoms with Gasteiger partial charge in [-0.05, 0) is 12.8 Å². The summed E-state index contributed by atoms with van der Waals surface area (Å²) in [6.07, 6.45) is 2.88. The third-order valence-electron chi connectivity index (χ3n) is 2.66. The van der Waals surface area contributed by atoms with Crippen molar-refractivity contribution < 1.29 is 9.66 Å². The molecule has 1 heterocycles. The number of benzene rings is 1. The summed E-state index contributed by atoms with van der Waals surface area (Å²) < 4.78 is 5.47. The van der Waals surface area contributed by atoms with Crippen molar-refractivity contribution in [2.24, 2.45) is 0 Å². The molecule has 1 aromatic carbocycles. The Bertz CT molecular complexity index is 359. The number of rotatable bonds is 3. The lowest BCUT2D eigenvalue weighted by molar-refractivity contribution is -0.385. The summed E-state index contributed by atoms with van der Waals surface area (Å²) in [5, 5.41) is 10.8. The van der Waals surface area contributed by atoms with Gasteiger partial charge < -0.3 is 4.74 Å². The van der Waals surface area contributed by atoms with Crippen molar-refractivity contribution in [3.05, 3.63) is 39.9 Å². The molecule has 2 rings (SSSR count). The molecule has 1 aromatic rings. The van der Waals surface area contributed by atoms with Gasteiger partial charge in [-0.1, -0.05) is 18.2 Å². The van der Waals surface area contributed by atoms with Crippen molar-refractivity contribution in [1.82, 2.24) is 0 Å². The van der Waals surface area contributed by atoms with Crippen LogP contribution in [0.1, 0.15) is 18.4 Å². The van der Waals surface area contributed by atoms with Gasteiger partial charge in [0, 0.05) is 24.7 Å². The van der Waals surface area contributed by atoms with Crippen LogP contribution in [0.2, 0.25) is 0 Å². The highest BCUT2D eigenvalue weighted by molar-refractivity contribution is 5.40. The van der Waals surface area contributed by atoms with Gasteiger partial charge in [0.15, 0.2) is 0 Å². The zero-order valence-electron chi connectivity index (χ0n) is 8.39. The lowest BCUT2D eigenvalue weighted by atomic mass is 10.0. The maximum Gasteiger partial charge on any atom is 0.272 e. The molecule has 1 aliphatic rings. The number of para-hydroxylation sites is 1. The molecular weight excluding hydrogens is 194 g/mol. The summed E-state index contributed by atoms with van der Waals surface area (Å²) in [4.78, 5) is 10.4. The first-order valence-electron chi connectivity index (χ1n) is 5.11. The van der Waals surface area contributed by atoms with E-state index in [1.807, 2.05) is 6.07 Å². The minimum atomic E-state index is -0.329. The molecule has 0 spiro atoms. The van der Waals surface area contributed by atoms with Gasteiger partial charge in [0.2, 0.25) is 0 Å². The molecule has 0 radical (unpaired) electrons. The molecule has 0 saturated carbocycles. The van der Waals surface area contributed by atoms with Gasteiger partial charge in [-0.15, -0.1) is 0 Å². The van der Waals surface area contributed by atoms with Crippen molar-refractivity contribution in [2.45, 2.75) is 25.4 Å². The van der Waals surface area contributed by atoms with Crippen LogP contribution < -0.4 is 0 Å². The van der Waals surface area contributed by atoms with Crippen molar-refractivity contribution in [3.8, 4) is 0 Å². The summed E-state index contributed by atoms with van der Waals surface area (Å²) in [5.74, 6) is 0. The Balaban J connectivity index is 2.15. The molecule has 0 aromatic heterocycles. The molecule has 4 heteroatoms. The minimum absolute atomic E-state index is 0.158. The van der Waals surface area contributed by atoms with Crippen LogP contribution >= 0.6 is 0 Å². The largest absolute Gasteiger partial charge is 0.378 e. The van der Waals surface area contributed by atoms with Crippen molar-refractivity contribution in [2.75, 3.05) is 6.61 Å². The second kappa shape index (κ2) is 4.40. The molecule has 4 nitrogen and oxygen atoms in total. The van der Waals surface area contributed by atoms with Gasteiger partial charge in [-0.3, -0.25) is 10.1 Å². The third-order valence-corrected chi connectivity index (χ3v) is 2.66. The molecule has 0 amide bonds. The summed E-state index contributed by atoms with van der Waals surface area (Å²) in [6, 6.07) is 6.87. The highest BCUT2D eigenvalue weighted by Gasteiger charge is 2.20. The van der Waals surface area contributed by atoms with E-state index in [0.29, 0.717) is 6.42 Å². The van der Waals surface area contributed by atoms with E-state index in [9.17, 15) is 10.1 Å². The monoisotopic (exact) mass is 207 g/mol. The number of ether oxygens (including phenoxy) is 1. The van der Waals surface area contributed by atoms with Crippen LogP contribution in [0.3, 0.4) is 0 Å². The highest BCUT2D eigenvalue weighted by atomic mass is 16.6. The fourth-order valence-corrected chi connectivity index (χ4v) is 1.91. The van der Waals surface area contributed by atoms with E-state index >= 15 is 0 Å². The van der Waals surface area contributed by atoms with E-state index in [-0.39, 0.29) is 16.7 Å². The summed E-state index contributed by atoms with van der Waals surface area (Å²) in [6.45, 7) is 0.783. The Labute approximate surface area is 88.0 Å². The molecule has 1 fully saturated rings. The van der Waals surface area contributed by atoms with E-state index in [1.54, 1.807) is 18.2 Å². The maximum absolute atomic E-state index is 10.8. The van der Waals surface area contributed by atoms with E-state index < -0.39 is 0 Å². The van der Waals surface area contributed by atoms with Gasteiger partial charge in [-0.25, -0.2) is 0 Å². The number of nitro groups is 1. The average molecular weight is 207 g/mol. The Kier molecular flexibility index (Phi) is 2.97. The zero-order chi connectivity index (χ0) is 10.7. The van der Waals surface area contributed by atoms with E-state index in [1.165, 1.54) is 0 Å². The van der Waals surface area contributed by atoms with Crippen molar-refractivity contribution in [3.63, 3.8) is 0 Å². The summed E-state index contributed by atoms with van der Waals surface area (Å²) >= 11 is 0. The quantitative estimate of drug-likeness (QED) is 0.564. The predicted octanol–water partition coefficient (Wildman–Crippen LogP) is 2.32. The molecule has 15 heavy (non-hydrogen) atoms. The van der Waals surface area contributed by atoms with E-state index in [4.69, 9.17) is 4.74 Å². The molecule has 1 atom stereocenters. The molecule has 1 unspecified atom stereocenters. The Hall–Kier alpha value is -1.42. The predicted molar refractivity (Wildman–Crippen MR) is 55.8 cm³/mol. The number of nitro benzene ring substituents is 1. The third kappa shape index (κ3) is 2.33. The van der Waals surface area contributed by atoms with Crippen LogP contribution in [0.25, 0.3) is 0 Å². The molecular formula is C11H13NO3. The number of nitrogens with zero attached hydrogens (tertiary/aromatic N) is 1. The molecule has 80 valence electrons. The molecule has 0 N–H and O–H groups in total. The second-order valence-corrected chi connectivity index (χ2v) is 3.72. The Morgan fingerprint density at radius 1 is 1.47 bits per heavy atom. The van der Waals surface area contributed by atoms with Crippen LogP contribution in [0.5, 0.6) is 0 Å². The first kappa shape index (κ1) is 10.1. The standard InChI is InChI=1S/C11H13NO3/c13-12(14)11-6-2-1-4-9(11)8-10-5-3-7-15-10/h1-2,4,6,10H,3,5,7-8H2. The topological polar surface area (TPSA) is 52.4 Å². The summed E-state index contributed by atoms with van der Waals surface area (Å²) in [7, 11) is 0. The van der Waals surface area contributed by atoms with Gasteiger partial charge in [0.05, 0.1) is 11.0 Å². The van der Waals surface area contributed by atoms with Gasteiger partial charge in [0.25, 0.3) is 5.69 Å². The van der Waals surface area contributed by atoms with Crippen LogP contribution in [-0.4, -0.2) is 17.6 Å². The minimum Gasteiger partial charge on any atom is -0.378 e. The van der Waals surface area contributed by atoms with Gasteiger partial charge in [-0.2, -0.15) is 0 Å². The van der Waals surface area contributed by atoms with Gasteiger partial charge >= 0.3 is 0 Å². The SMILES string of the molecule is O=[N+]([O-])c1ccccc1CC1CCCO1. The van der Waals surface area contributed by atoms with E-state index in [0.717, 1.165) is 25.0 Å². The smallest absolute Gasteiger partial charge is 0.272 e. The number of hydrogen-bond donors (Lipinski definition) is 0. The molecule has 0 aliphatic carbocycles. The fraction of sp³-hybridized carbons (Fsp3) is 0.455. The first-order chi connectivity index (χ1) is 7.27. The van der Waals surface area contributed by atoms with Crippen LogP contribution in [0.4, 0.5) is 5.69 Å². The molecule has 1 aliphatic heterocycles. The Morgan fingerprint density at radius 2 is 2.27 bits per heavy atom. The van der Waals surface area contributed by atoms with Gasteiger partial charge in [0.1, 0.15) is 0 Å². The zero-order valence-corrected chi connectivity index (χ0v) is 8.39. The average Bonchev–Trinajstić information content (AvgIpc) is 2.71. The fourth-order valence-electron chi connectivity index (χ4n) is 1.91. The highest BCUT2D eigenvalue weighted by Crippen LogP contribution is 2.23. The van der Waals surface area contributed by atoms with Crippen LogP contribution in [-0.2, 0) is 11.2 Å². The number of hydrogen-bond acceptors (Lipinski definition) is 3. The van der Waals surface area contributed by atoms with E-state index in [2.05, 4.69) is 0 Å². The summed E-state index contributed by atoms with van der Waals surface area (Å²) in [5.41, 5.74) is 0.974.